The Kier molecular flexibility index (Phi) is 4.62. The Balaban J connectivity index is 2.16. The molecule has 0 saturated heterocycles. The summed E-state index contributed by atoms with van der Waals surface area (Å²) in [4.78, 5) is 10.5. The number of benzene rings is 2. The molecule has 2 aromatic rings. The van der Waals surface area contributed by atoms with Gasteiger partial charge >= 0.3 is 16.1 Å². The fourth-order valence-electron chi connectivity index (χ4n) is 1.68. The molecule has 114 valence electrons. The second kappa shape index (κ2) is 6.44. The van der Waals surface area contributed by atoms with Gasteiger partial charge in [0.1, 0.15) is 10.6 Å². The summed E-state index contributed by atoms with van der Waals surface area (Å²) in [7, 11) is -3.88. The molecular formula is C16H14O5S. The van der Waals surface area contributed by atoms with Gasteiger partial charge in [0.2, 0.25) is 0 Å². The minimum absolute atomic E-state index is 0.0768. The Morgan fingerprint density at radius 2 is 1.64 bits per heavy atom. The van der Waals surface area contributed by atoms with E-state index in [1.807, 2.05) is 6.92 Å². The molecule has 6 heteroatoms. The second-order valence-electron chi connectivity index (χ2n) is 4.59. The number of aryl methyl sites for hydroxylation is 1. The monoisotopic (exact) mass is 318 g/mol. The van der Waals surface area contributed by atoms with Crippen LogP contribution in [-0.2, 0) is 14.9 Å². The molecule has 22 heavy (non-hydrogen) atoms. The number of rotatable bonds is 5. The Bertz CT molecular complexity index is 787. The summed E-state index contributed by atoms with van der Waals surface area (Å²) >= 11 is 0. The van der Waals surface area contributed by atoms with E-state index in [9.17, 15) is 13.2 Å². The first-order valence-electron chi connectivity index (χ1n) is 6.39. The average molecular weight is 318 g/mol. The van der Waals surface area contributed by atoms with Crippen LogP contribution in [0.3, 0.4) is 0 Å². The Morgan fingerprint density at radius 3 is 2.18 bits per heavy atom. The molecule has 2 rings (SSSR count). The van der Waals surface area contributed by atoms with Gasteiger partial charge in [-0.25, -0.2) is 4.79 Å². The van der Waals surface area contributed by atoms with E-state index in [1.165, 1.54) is 30.3 Å². The van der Waals surface area contributed by atoms with E-state index in [-0.39, 0.29) is 10.6 Å². The molecule has 0 unspecified atom stereocenters. The minimum Gasteiger partial charge on any atom is -0.478 e. The SMILES string of the molecule is Cc1ccc(S(=O)(=O)Oc2ccc(C=CC(=O)O)cc2)cc1. The zero-order valence-electron chi connectivity index (χ0n) is 11.8. The lowest BCUT2D eigenvalue weighted by Crippen LogP contribution is -2.09. The van der Waals surface area contributed by atoms with E-state index in [0.717, 1.165) is 11.6 Å². The van der Waals surface area contributed by atoms with Crippen molar-refractivity contribution >= 4 is 22.2 Å². The van der Waals surface area contributed by atoms with Crippen LogP contribution in [0, 0.1) is 6.92 Å². The zero-order valence-corrected chi connectivity index (χ0v) is 12.6. The minimum atomic E-state index is -3.88. The van der Waals surface area contributed by atoms with E-state index in [2.05, 4.69) is 0 Å². The van der Waals surface area contributed by atoms with Crippen LogP contribution in [0.5, 0.6) is 5.75 Å². The summed E-state index contributed by atoms with van der Waals surface area (Å²) in [6.07, 6.45) is 2.40. The molecule has 0 aliphatic rings. The van der Waals surface area contributed by atoms with Crippen LogP contribution in [0.2, 0.25) is 0 Å². The van der Waals surface area contributed by atoms with Crippen LogP contribution in [0.15, 0.2) is 59.5 Å². The van der Waals surface area contributed by atoms with Crippen LogP contribution < -0.4 is 4.18 Å². The van der Waals surface area contributed by atoms with Gasteiger partial charge in [-0.05, 0) is 42.8 Å². The standard InChI is InChI=1S/C16H14O5S/c1-12-2-9-15(10-3-12)22(19,20)21-14-7-4-13(5-8-14)6-11-16(17)18/h2-11H,1H3,(H,17,18). The third kappa shape index (κ3) is 4.20. The van der Waals surface area contributed by atoms with Crippen molar-refractivity contribution in [2.45, 2.75) is 11.8 Å². The maximum atomic E-state index is 12.1. The quantitative estimate of drug-likeness (QED) is 0.677. The smallest absolute Gasteiger partial charge is 0.339 e. The highest BCUT2D eigenvalue weighted by Crippen LogP contribution is 2.20. The normalized spacial score (nSPS) is 11.5. The van der Waals surface area contributed by atoms with Gasteiger partial charge in [-0.3, -0.25) is 0 Å². The summed E-state index contributed by atoms with van der Waals surface area (Å²) in [5.74, 6) is -0.893. The van der Waals surface area contributed by atoms with Crippen molar-refractivity contribution in [3.05, 3.63) is 65.7 Å². The van der Waals surface area contributed by atoms with E-state index >= 15 is 0 Å². The van der Waals surface area contributed by atoms with E-state index in [1.54, 1.807) is 24.3 Å². The number of carbonyl (C=O) groups is 1. The number of hydrogen-bond acceptors (Lipinski definition) is 4. The predicted molar refractivity (Wildman–Crippen MR) is 82.1 cm³/mol. The number of carboxylic acids is 1. The van der Waals surface area contributed by atoms with Crippen molar-refractivity contribution in [3.8, 4) is 5.75 Å². The van der Waals surface area contributed by atoms with Crippen molar-refractivity contribution in [1.29, 1.82) is 0 Å². The fraction of sp³-hybridized carbons (Fsp3) is 0.0625. The van der Waals surface area contributed by atoms with Gasteiger partial charge in [0.25, 0.3) is 0 Å². The second-order valence-corrected chi connectivity index (χ2v) is 6.14. The molecule has 5 nitrogen and oxygen atoms in total. The van der Waals surface area contributed by atoms with Crippen LogP contribution >= 0.6 is 0 Å². The molecule has 0 aliphatic carbocycles. The Hall–Kier alpha value is -2.60. The van der Waals surface area contributed by atoms with Gasteiger partial charge in [0.05, 0.1) is 0 Å². The van der Waals surface area contributed by atoms with Crippen molar-refractivity contribution < 1.29 is 22.5 Å². The van der Waals surface area contributed by atoms with Crippen LogP contribution in [0.25, 0.3) is 6.08 Å². The molecule has 0 spiro atoms. The van der Waals surface area contributed by atoms with Gasteiger partial charge in [-0.15, -0.1) is 0 Å². The molecule has 0 amide bonds. The molecule has 0 heterocycles. The molecule has 2 aromatic carbocycles. The largest absolute Gasteiger partial charge is 0.478 e. The highest BCUT2D eigenvalue weighted by atomic mass is 32.2. The van der Waals surface area contributed by atoms with Crippen LogP contribution in [-0.4, -0.2) is 19.5 Å². The maximum absolute atomic E-state index is 12.1. The lowest BCUT2D eigenvalue weighted by molar-refractivity contribution is -0.131. The highest BCUT2D eigenvalue weighted by molar-refractivity contribution is 7.87. The number of carboxylic acid groups (broad SMARTS) is 1. The first-order chi connectivity index (χ1) is 10.4. The summed E-state index contributed by atoms with van der Waals surface area (Å²) in [6, 6.07) is 12.4. The lowest BCUT2D eigenvalue weighted by atomic mass is 10.2. The van der Waals surface area contributed by atoms with Gasteiger partial charge in [0.15, 0.2) is 0 Å². The van der Waals surface area contributed by atoms with Gasteiger partial charge in [-0.1, -0.05) is 29.8 Å². The zero-order chi connectivity index (χ0) is 16.2. The lowest BCUT2D eigenvalue weighted by Gasteiger charge is -2.07. The van der Waals surface area contributed by atoms with Crippen molar-refractivity contribution in [1.82, 2.24) is 0 Å². The molecule has 1 N–H and O–H groups in total. The third-order valence-electron chi connectivity index (χ3n) is 2.81. The predicted octanol–water partition coefficient (Wildman–Crippen LogP) is 2.86. The van der Waals surface area contributed by atoms with Gasteiger partial charge < -0.3 is 9.29 Å². The maximum Gasteiger partial charge on any atom is 0.339 e. The fourth-order valence-corrected chi connectivity index (χ4v) is 2.61. The highest BCUT2D eigenvalue weighted by Gasteiger charge is 2.16. The Morgan fingerprint density at radius 1 is 1.05 bits per heavy atom. The van der Waals surface area contributed by atoms with Crippen molar-refractivity contribution in [2.75, 3.05) is 0 Å². The third-order valence-corrected chi connectivity index (χ3v) is 4.08. The van der Waals surface area contributed by atoms with Crippen molar-refractivity contribution in [3.63, 3.8) is 0 Å². The first-order valence-corrected chi connectivity index (χ1v) is 7.80. The number of aliphatic carboxylic acids is 1. The molecule has 0 aliphatic heterocycles. The Labute approximate surface area is 128 Å². The molecule has 0 radical (unpaired) electrons. The van der Waals surface area contributed by atoms with E-state index < -0.39 is 16.1 Å². The van der Waals surface area contributed by atoms with Crippen LogP contribution in [0.4, 0.5) is 0 Å². The summed E-state index contributed by atoms with van der Waals surface area (Å²) in [6.45, 7) is 1.86. The first kappa shape index (κ1) is 15.8. The topological polar surface area (TPSA) is 80.7 Å². The van der Waals surface area contributed by atoms with E-state index in [4.69, 9.17) is 9.29 Å². The molecule has 0 fully saturated rings. The summed E-state index contributed by atoms with van der Waals surface area (Å²) in [5, 5.41) is 8.54. The molecule has 0 aromatic heterocycles. The number of hydrogen-bond donors (Lipinski definition) is 1. The van der Waals surface area contributed by atoms with E-state index in [0.29, 0.717) is 5.56 Å². The molecule has 0 atom stereocenters. The molecular weight excluding hydrogens is 304 g/mol. The molecule has 0 saturated carbocycles. The average Bonchev–Trinajstić information content (AvgIpc) is 2.46. The molecule has 0 bridgehead atoms. The summed E-state index contributed by atoms with van der Waals surface area (Å²) in [5.41, 5.74) is 1.58. The summed E-state index contributed by atoms with van der Waals surface area (Å²) < 4.78 is 29.2. The van der Waals surface area contributed by atoms with Gasteiger partial charge in [-0.2, -0.15) is 8.42 Å². The van der Waals surface area contributed by atoms with Gasteiger partial charge in [0, 0.05) is 6.08 Å². The van der Waals surface area contributed by atoms with Crippen molar-refractivity contribution in [2.24, 2.45) is 0 Å². The van der Waals surface area contributed by atoms with Crippen LogP contribution in [0.1, 0.15) is 11.1 Å².